The highest BCUT2D eigenvalue weighted by atomic mass is 16.1. The van der Waals surface area contributed by atoms with Crippen LogP contribution in [0.4, 0.5) is 5.69 Å². The van der Waals surface area contributed by atoms with Crippen LogP contribution in [0.15, 0.2) is 71.5 Å². The Hall–Kier alpha value is -2.81. The van der Waals surface area contributed by atoms with Crippen LogP contribution in [0.3, 0.4) is 0 Å². The van der Waals surface area contributed by atoms with E-state index in [9.17, 15) is 4.79 Å². The highest BCUT2D eigenvalue weighted by Crippen LogP contribution is 2.64. The van der Waals surface area contributed by atoms with Crippen molar-refractivity contribution in [2.75, 3.05) is 11.4 Å². The molecule has 0 unspecified atom stereocenters. The Morgan fingerprint density at radius 3 is 2.33 bits per heavy atom. The summed E-state index contributed by atoms with van der Waals surface area (Å²) in [5, 5.41) is 0. The van der Waals surface area contributed by atoms with Crippen LogP contribution in [0.5, 0.6) is 0 Å². The van der Waals surface area contributed by atoms with Gasteiger partial charge >= 0.3 is 0 Å². The van der Waals surface area contributed by atoms with Crippen molar-refractivity contribution >= 4 is 5.69 Å². The van der Waals surface area contributed by atoms with Crippen molar-refractivity contribution in [3.05, 3.63) is 99.5 Å². The zero-order chi connectivity index (χ0) is 18.5. The van der Waals surface area contributed by atoms with Gasteiger partial charge in [0.25, 0.3) is 5.56 Å². The van der Waals surface area contributed by atoms with Gasteiger partial charge in [0.15, 0.2) is 0 Å². The van der Waals surface area contributed by atoms with Crippen LogP contribution in [0.25, 0.3) is 0 Å². The Balaban J connectivity index is 1.60. The number of hydrogen-bond donors (Lipinski definition) is 0. The molecule has 2 aliphatic rings. The van der Waals surface area contributed by atoms with Crippen molar-refractivity contribution in [2.45, 2.75) is 25.3 Å². The lowest BCUT2D eigenvalue weighted by Gasteiger charge is -2.31. The number of fused-ring (bicyclic) bond motifs is 3. The van der Waals surface area contributed by atoms with Gasteiger partial charge < -0.3 is 9.47 Å². The van der Waals surface area contributed by atoms with Crippen LogP contribution >= 0.6 is 0 Å². The van der Waals surface area contributed by atoms with E-state index in [-0.39, 0.29) is 5.56 Å². The number of aromatic nitrogens is 1. The van der Waals surface area contributed by atoms with E-state index in [0.29, 0.717) is 17.8 Å². The summed E-state index contributed by atoms with van der Waals surface area (Å²) < 4.78 is 1.81. The van der Waals surface area contributed by atoms with Crippen molar-refractivity contribution in [1.29, 1.82) is 0 Å². The van der Waals surface area contributed by atoms with E-state index >= 15 is 0 Å². The Bertz CT molecular complexity index is 1040. The molecule has 5 rings (SSSR count). The minimum Gasteiger partial charge on any atom is -0.366 e. The van der Waals surface area contributed by atoms with Crippen molar-refractivity contribution in [2.24, 2.45) is 13.0 Å². The second-order valence-electron chi connectivity index (χ2n) is 7.94. The molecule has 0 N–H and O–H groups in total. The van der Waals surface area contributed by atoms with Gasteiger partial charge in [-0.05, 0) is 36.0 Å². The number of anilines is 1. The quantitative estimate of drug-likeness (QED) is 0.702. The van der Waals surface area contributed by atoms with Crippen molar-refractivity contribution in [3.63, 3.8) is 0 Å². The second-order valence-corrected chi connectivity index (χ2v) is 7.94. The first-order valence-corrected chi connectivity index (χ1v) is 9.69. The van der Waals surface area contributed by atoms with Gasteiger partial charge in [-0.3, -0.25) is 4.79 Å². The molecular weight excluding hydrogens is 332 g/mol. The normalized spacial score (nSPS) is 22.9. The van der Waals surface area contributed by atoms with E-state index in [1.807, 2.05) is 18.5 Å². The highest BCUT2D eigenvalue weighted by Gasteiger charge is 2.57. The minimum atomic E-state index is 0.177. The molecular formula is C24H24N2O. The Morgan fingerprint density at radius 1 is 0.963 bits per heavy atom. The number of hydrogen-bond acceptors (Lipinski definition) is 2. The fourth-order valence-corrected chi connectivity index (χ4v) is 4.83. The molecule has 136 valence electrons. The fraction of sp³-hybridized carbons (Fsp3) is 0.292. The number of rotatable bonds is 3. The van der Waals surface area contributed by atoms with Crippen molar-refractivity contribution < 1.29 is 0 Å². The molecule has 2 aromatic carbocycles. The maximum absolute atomic E-state index is 13.2. The first-order valence-electron chi connectivity index (χ1n) is 9.69. The average Bonchev–Trinajstić information content (AvgIpc) is 3.41. The molecule has 3 aromatic rings. The van der Waals surface area contributed by atoms with Gasteiger partial charge in [-0.25, -0.2) is 0 Å². The first kappa shape index (κ1) is 16.4. The van der Waals surface area contributed by atoms with Crippen molar-refractivity contribution in [1.82, 2.24) is 4.57 Å². The van der Waals surface area contributed by atoms with Gasteiger partial charge in [-0.1, -0.05) is 60.7 Å². The van der Waals surface area contributed by atoms with E-state index in [0.717, 1.165) is 30.0 Å². The molecule has 1 saturated carbocycles. The monoisotopic (exact) mass is 356 g/mol. The molecule has 0 bridgehead atoms. The number of nitrogens with zero attached hydrogens (tertiary/aromatic N) is 2. The predicted octanol–water partition coefficient (Wildman–Crippen LogP) is 4.21. The fourth-order valence-electron chi connectivity index (χ4n) is 4.83. The summed E-state index contributed by atoms with van der Waals surface area (Å²) >= 11 is 0. The van der Waals surface area contributed by atoms with E-state index in [1.165, 1.54) is 11.1 Å². The largest absolute Gasteiger partial charge is 0.366 e. The van der Waals surface area contributed by atoms with E-state index in [2.05, 4.69) is 71.6 Å². The second kappa shape index (κ2) is 6.12. The molecule has 3 atom stereocenters. The molecule has 1 aliphatic carbocycles. The molecule has 1 fully saturated rings. The summed E-state index contributed by atoms with van der Waals surface area (Å²) in [5.74, 6) is 1.34. The molecule has 1 aliphatic heterocycles. The molecule has 3 nitrogen and oxygen atoms in total. The standard InChI is InChI=1S/C24H24N2O/c1-16-13-20-23(24(27)25(16)2)22-19(21(22)18-11-7-4-8-12-18)15-26(20)14-17-9-5-3-6-10-17/h3-13,19,21-22H,14-15H2,1-2H3/t19-,21-,22-/m0/s1. The Kier molecular flexibility index (Phi) is 3.71. The van der Waals surface area contributed by atoms with Crippen molar-refractivity contribution in [3.8, 4) is 0 Å². The maximum Gasteiger partial charge on any atom is 0.256 e. The number of aryl methyl sites for hydroxylation is 1. The smallest absolute Gasteiger partial charge is 0.256 e. The number of pyridine rings is 1. The van der Waals surface area contributed by atoms with Gasteiger partial charge in [0.05, 0.1) is 0 Å². The van der Waals surface area contributed by atoms with Crippen LogP contribution in [-0.2, 0) is 13.6 Å². The summed E-state index contributed by atoms with van der Waals surface area (Å²) in [4.78, 5) is 15.6. The lowest BCUT2D eigenvalue weighted by atomic mass is 10.0. The molecule has 1 aromatic heterocycles. The summed E-state index contributed by atoms with van der Waals surface area (Å²) in [6, 6.07) is 23.5. The zero-order valence-electron chi connectivity index (χ0n) is 15.8. The van der Waals surface area contributed by atoms with Gasteiger partial charge in [0.2, 0.25) is 0 Å². The molecule has 0 radical (unpaired) electrons. The van der Waals surface area contributed by atoms with Gasteiger partial charge in [0.1, 0.15) is 0 Å². The van der Waals surface area contributed by atoms with Crippen LogP contribution in [0, 0.1) is 12.8 Å². The van der Waals surface area contributed by atoms with Crippen LogP contribution in [-0.4, -0.2) is 11.1 Å². The lowest BCUT2D eigenvalue weighted by Crippen LogP contribution is -2.34. The third kappa shape index (κ3) is 2.61. The topological polar surface area (TPSA) is 25.2 Å². The molecule has 2 heterocycles. The van der Waals surface area contributed by atoms with Crippen LogP contribution < -0.4 is 10.5 Å². The van der Waals surface area contributed by atoms with E-state index in [4.69, 9.17) is 0 Å². The zero-order valence-corrected chi connectivity index (χ0v) is 15.8. The number of benzene rings is 2. The summed E-state index contributed by atoms with van der Waals surface area (Å²) in [6.07, 6.45) is 0. The van der Waals surface area contributed by atoms with Crippen LogP contribution in [0.2, 0.25) is 0 Å². The van der Waals surface area contributed by atoms with E-state index in [1.54, 1.807) is 0 Å². The SMILES string of the molecule is Cc1cc2c(c(=O)n1C)[C@H]1[C@@H](CN2Cc2ccccc2)[C@@H]1c1ccccc1. The lowest BCUT2D eigenvalue weighted by molar-refractivity contribution is 0.656. The minimum absolute atomic E-state index is 0.177. The maximum atomic E-state index is 13.2. The highest BCUT2D eigenvalue weighted by molar-refractivity contribution is 5.63. The average molecular weight is 356 g/mol. The molecule has 0 saturated heterocycles. The Morgan fingerprint density at radius 2 is 1.63 bits per heavy atom. The first-order chi connectivity index (χ1) is 13.1. The van der Waals surface area contributed by atoms with Gasteiger partial charge in [-0.15, -0.1) is 0 Å². The third-order valence-corrected chi connectivity index (χ3v) is 6.36. The van der Waals surface area contributed by atoms with E-state index < -0.39 is 0 Å². The Labute approximate surface area is 159 Å². The molecule has 3 heteroatoms. The van der Waals surface area contributed by atoms with Gasteiger partial charge in [0, 0.05) is 43.0 Å². The molecule has 27 heavy (non-hydrogen) atoms. The van der Waals surface area contributed by atoms with Crippen LogP contribution in [0.1, 0.15) is 34.2 Å². The third-order valence-electron chi connectivity index (χ3n) is 6.36. The summed E-state index contributed by atoms with van der Waals surface area (Å²) in [6.45, 7) is 3.89. The molecule has 0 amide bonds. The summed E-state index contributed by atoms with van der Waals surface area (Å²) in [5.41, 5.74) is 6.01. The molecule has 0 spiro atoms. The van der Waals surface area contributed by atoms with Gasteiger partial charge in [-0.2, -0.15) is 0 Å². The predicted molar refractivity (Wildman–Crippen MR) is 109 cm³/mol. The summed E-state index contributed by atoms with van der Waals surface area (Å²) in [7, 11) is 1.89.